The third kappa shape index (κ3) is 4.00. The van der Waals surface area contributed by atoms with E-state index in [-0.39, 0.29) is 11.4 Å². The lowest BCUT2D eigenvalue weighted by molar-refractivity contribution is 0.363. The van der Waals surface area contributed by atoms with Gasteiger partial charge in [-0.2, -0.15) is 9.78 Å². The summed E-state index contributed by atoms with van der Waals surface area (Å²) in [6, 6.07) is 26.3. The standard InChI is InChI=1S/C31H23N3O4/c1-3-17-37-27-16-15-20-9-4-5-10-21(20)24(27)19-32-34-30(33-25-12-7-6-11-22(25)31(34)35)29-18-23-26(36-2)13-8-14-28(23)38-29/h3-16,18-19H,1,17H2,2H3. The fraction of sp³-hybridized carbons (Fsp3) is 0.0645. The van der Waals surface area contributed by atoms with Gasteiger partial charge in [-0.25, -0.2) is 4.98 Å². The van der Waals surface area contributed by atoms with Crippen LogP contribution in [0.1, 0.15) is 5.56 Å². The lowest BCUT2D eigenvalue weighted by Crippen LogP contribution is -2.20. The smallest absolute Gasteiger partial charge is 0.282 e. The number of aromatic nitrogens is 2. The molecule has 0 atom stereocenters. The van der Waals surface area contributed by atoms with E-state index in [1.54, 1.807) is 37.6 Å². The summed E-state index contributed by atoms with van der Waals surface area (Å²) in [7, 11) is 1.60. The lowest BCUT2D eigenvalue weighted by Gasteiger charge is -2.11. The second-order valence-electron chi connectivity index (χ2n) is 8.60. The zero-order valence-electron chi connectivity index (χ0n) is 20.6. The maximum atomic E-state index is 13.7. The molecule has 0 N–H and O–H groups in total. The summed E-state index contributed by atoms with van der Waals surface area (Å²) in [6.45, 7) is 4.08. The maximum absolute atomic E-state index is 13.7. The molecule has 38 heavy (non-hydrogen) atoms. The van der Waals surface area contributed by atoms with Crippen molar-refractivity contribution in [2.24, 2.45) is 5.10 Å². The monoisotopic (exact) mass is 501 g/mol. The Bertz CT molecular complexity index is 1920. The second kappa shape index (κ2) is 9.71. The van der Waals surface area contributed by atoms with Crippen molar-refractivity contribution in [1.29, 1.82) is 0 Å². The van der Waals surface area contributed by atoms with Gasteiger partial charge in [0.2, 0.25) is 5.82 Å². The molecule has 0 amide bonds. The number of benzene rings is 4. The van der Waals surface area contributed by atoms with E-state index in [4.69, 9.17) is 18.9 Å². The molecule has 186 valence electrons. The van der Waals surface area contributed by atoms with Crippen molar-refractivity contribution in [2.75, 3.05) is 13.7 Å². The van der Waals surface area contributed by atoms with Crippen LogP contribution in [-0.2, 0) is 0 Å². The third-order valence-electron chi connectivity index (χ3n) is 6.31. The maximum Gasteiger partial charge on any atom is 0.282 e. The molecule has 6 rings (SSSR count). The van der Waals surface area contributed by atoms with Crippen LogP contribution >= 0.6 is 0 Å². The van der Waals surface area contributed by atoms with Crippen LogP contribution < -0.4 is 15.0 Å². The zero-order valence-corrected chi connectivity index (χ0v) is 20.6. The average Bonchev–Trinajstić information content (AvgIpc) is 3.40. The zero-order chi connectivity index (χ0) is 26.1. The normalized spacial score (nSPS) is 11.5. The molecule has 7 nitrogen and oxygen atoms in total. The topological polar surface area (TPSA) is 78.8 Å². The minimum absolute atomic E-state index is 0.275. The predicted octanol–water partition coefficient (Wildman–Crippen LogP) is 6.42. The van der Waals surface area contributed by atoms with Gasteiger partial charge in [-0.15, -0.1) is 0 Å². The number of fused-ring (bicyclic) bond motifs is 3. The first-order chi connectivity index (χ1) is 18.7. The molecule has 0 fully saturated rings. The highest BCUT2D eigenvalue weighted by Gasteiger charge is 2.18. The van der Waals surface area contributed by atoms with E-state index in [1.807, 2.05) is 66.7 Å². The largest absolute Gasteiger partial charge is 0.496 e. The van der Waals surface area contributed by atoms with Crippen molar-refractivity contribution < 1.29 is 13.9 Å². The average molecular weight is 502 g/mol. The van der Waals surface area contributed by atoms with Gasteiger partial charge in [0.05, 0.1) is 29.6 Å². The molecule has 0 aliphatic carbocycles. The number of methoxy groups -OCH3 is 1. The van der Waals surface area contributed by atoms with Crippen molar-refractivity contribution >= 4 is 38.9 Å². The highest BCUT2D eigenvalue weighted by Crippen LogP contribution is 2.33. The fourth-order valence-electron chi connectivity index (χ4n) is 4.51. The summed E-state index contributed by atoms with van der Waals surface area (Å²) in [6.07, 6.45) is 3.31. The van der Waals surface area contributed by atoms with Gasteiger partial charge in [0.25, 0.3) is 5.56 Å². The van der Waals surface area contributed by atoms with Crippen LogP contribution in [-0.4, -0.2) is 29.6 Å². The Hall–Kier alpha value is -5.17. The molecule has 0 unspecified atom stereocenters. The lowest BCUT2D eigenvalue weighted by atomic mass is 10.0. The second-order valence-corrected chi connectivity index (χ2v) is 8.60. The molecule has 0 spiro atoms. The third-order valence-corrected chi connectivity index (χ3v) is 6.31. The van der Waals surface area contributed by atoms with E-state index in [0.29, 0.717) is 40.4 Å². The molecule has 0 aliphatic heterocycles. The highest BCUT2D eigenvalue weighted by atomic mass is 16.5. The Morgan fingerprint density at radius 1 is 0.947 bits per heavy atom. The van der Waals surface area contributed by atoms with E-state index in [2.05, 4.69) is 11.7 Å². The summed E-state index contributed by atoms with van der Waals surface area (Å²) >= 11 is 0. The minimum atomic E-state index is -0.317. The summed E-state index contributed by atoms with van der Waals surface area (Å²) in [4.78, 5) is 18.5. The molecule has 0 aliphatic rings. The SMILES string of the molecule is C=CCOc1ccc2ccccc2c1C=Nn1c(-c2cc3c(OC)cccc3o2)nc2ccccc2c1=O. The fourth-order valence-corrected chi connectivity index (χ4v) is 4.51. The highest BCUT2D eigenvalue weighted by molar-refractivity contribution is 6.02. The van der Waals surface area contributed by atoms with Crippen LogP contribution in [0.4, 0.5) is 0 Å². The molecule has 7 heteroatoms. The van der Waals surface area contributed by atoms with Crippen LogP contribution in [0.5, 0.6) is 11.5 Å². The molecule has 0 bridgehead atoms. The van der Waals surface area contributed by atoms with Crippen molar-refractivity contribution in [1.82, 2.24) is 9.66 Å². The number of ether oxygens (including phenoxy) is 2. The number of nitrogens with zero attached hydrogens (tertiary/aromatic N) is 3. The summed E-state index contributed by atoms with van der Waals surface area (Å²) in [5.74, 6) is 1.96. The van der Waals surface area contributed by atoms with Crippen LogP contribution in [0.3, 0.4) is 0 Å². The summed E-state index contributed by atoms with van der Waals surface area (Å²) in [5.41, 5.74) is 1.59. The van der Waals surface area contributed by atoms with E-state index < -0.39 is 0 Å². The number of hydrogen-bond acceptors (Lipinski definition) is 6. The molecule has 0 saturated heterocycles. The van der Waals surface area contributed by atoms with Crippen LogP contribution in [0.15, 0.2) is 112 Å². The van der Waals surface area contributed by atoms with Gasteiger partial charge in [-0.05, 0) is 47.2 Å². The molecule has 0 radical (unpaired) electrons. The van der Waals surface area contributed by atoms with Gasteiger partial charge in [-0.3, -0.25) is 4.79 Å². The van der Waals surface area contributed by atoms with Crippen LogP contribution in [0.2, 0.25) is 0 Å². The molecule has 6 aromatic rings. The van der Waals surface area contributed by atoms with Gasteiger partial charge in [0, 0.05) is 5.56 Å². The molecular formula is C31H23N3O4. The molecule has 0 saturated carbocycles. The number of furan rings is 1. The van der Waals surface area contributed by atoms with E-state index in [1.165, 1.54) is 4.68 Å². The summed E-state index contributed by atoms with van der Waals surface area (Å²) in [5, 5.41) is 7.84. The van der Waals surface area contributed by atoms with E-state index >= 15 is 0 Å². The van der Waals surface area contributed by atoms with Crippen molar-refractivity contribution in [3.63, 3.8) is 0 Å². The van der Waals surface area contributed by atoms with E-state index in [0.717, 1.165) is 21.7 Å². The Morgan fingerprint density at radius 3 is 2.61 bits per heavy atom. The Morgan fingerprint density at radius 2 is 1.76 bits per heavy atom. The predicted molar refractivity (Wildman–Crippen MR) is 150 cm³/mol. The van der Waals surface area contributed by atoms with Crippen molar-refractivity contribution in [3.05, 3.63) is 114 Å². The van der Waals surface area contributed by atoms with Crippen molar-refractivity contribution in [2.45, 2.75) is 0 Å². The first kappa shape index (κ1) is 23.2. The van der Waals surface area contributed by atoms with Gasteiger partial charge in [0.1, 0.15) is 23.7 Å². The van der Waals surface area contributed by atoms with Gasteiger partial charge in [0.15, 0.2) is 5.76 Å². The van der Waals surface area contributed by atoms with Crippen LogP contribution in [0.25, 0.3) is 44.2 Å². The molecular weight excluding hydrogens is 478 g/mol. The Kier molecular flexibility index (Phi) is 5.94. The van der Waals surface area contributed by atoms with Gasteiger partial charge in [-0.1, -0.05) is 61.2 Å². The Balaban J connectivity index is 1.59. The molecule has 4 aromatic carbocycles. The minimum Gasteiger partial charge on any atom is -0.496 e. The van der Waals surface area contributed by atoms with E-state index in [9.17, 15) is 4.79 Å². The van der Waals surface area contributed by atoms with Gasteiger partial charge < -0.3 is 13.9 Å². The first-order valence-electron chi connectivity index (χ1n) is 12.1. The number of para-hydroxylation sites is 1. The first-order valence-corrected chi connectivity index (χ1v) is 12.1. The number of hydrogen-bond donors (Lipinski definition) is 0. The van der Waals surface area contributed by atoms with Gasteiger partial charge >= 0.3 is 0 Å². The number of rotatable bonds is 7. The Labute approximate surface area is 217 Å². The van der Waals surface area contributed by atoms with Crippen LogP contribution in [0, 0.1) is 0 Å². The molecule has 2 heterocycles. The van der Waals surface area contributed by atoms with Crippen molar-refractivity contribution in [3.8, 4) is 23.1 Å². The summed E-state index contributed by atoms with van der Waals surface area (Å²) < 4.78 is 18.8. The quantitative estimate of drug-likeness (QED) is 0.186. The molecule has 2 aromatic heterocycles.